The molecule has 4 N–H and O–H groups in total. The van der Waals surface area contributed by atoms with Gasteiger partial charge in [-0.15, -0.1) is 0 Å². The fraction of sp³-hybridized carbons (Fsp3) is 0.519. The second kappa shape index (κ2) is 15.4. The first kappa shape index (κ1) is 27.7. The Bertz CT molecular complexity index is 783. The highest BCUT2D eigenvalue weighted by molar-refractivity contribution is 6.12. The van der Waals surface area contributed by atoms with E-state index in [1.807, 2.05) is 51.2 Å². The van der Waals surface area contributed by atoms with Gasteiger partial charge in [0.05, 0.1) is 18.4 Å². The number of unbranched alkanes of at least 4 members (excludes halogenated alkanes) is 2. The summed E-state index contributed by atoms with van der Waals surface area (Å²) in [6.45, 7) is 13.2. The van der Waals surface area contributed by atoms with Gasteiger partial charge in [0.2, 0.25) is 0 Å². The summed E-state index contributed by atoms with van der Waals surface area (Å²) >= 11 is 0. The minimum atomic E-state index is -0.0499. The third-order valence-corrected chi connectivity index (χ3v) is 5.40. The maximum Gasteiger partial charge on any atom is 0.119 e. The summed E-state index contributed by atoms with van der Waals surface area (Å²) in [4.78, 5) is 0. The molecule has 0 aliphatic rings. The number of aliphatic hydroxyl groups excluding tert-OH is 1. The third-order valence-electron chi connectivity index (χ3n) is 5.40. The van der Waals surface area contributed by atoms with E-state index < -0.39 is 0 Å². The number of nitrogens with one attached hydrogen (secondary N) is 3. The first-order chi connectivity index (χ1) is 15.4. The van der Waals surface area contributed by atoms with E-state index in [0.717, 1.165) is 41.8 Å². The number of aliphatic hydroxyl groups is 1. The fourth-order valence-electron chi connectivity index (χ4n) is 3.49. The standard InChI is InChI=1S/C27H43N3O2/c1-7-9-10-12-20(3)30-22(5)26(18-25(8-2)32-21(4)15-16-29-6)27(28)24-14-11-13-23(17-24)19-31/h8,11,13-14,17-18,20-21,28-31H,2,7,9-10,12,15-16,19H2,1,3-6H3/b25-18+,26-22-,28-27?. The number of hydrogen-bond acceptors (Lipinski definition) is 5. The van der Waals surface area contributed by atoms with E-state index >= 15 is 0 Å². The summed E-state index contributed by atoms with van der Waals surface area (Å²) in [6, 6.07) is 7.80. The summed E-state index contributed by atoms with van der Waals surface area (Å²) < 4.78 is 6.10. The van der Waals surface area contributed by atoms with Crippen molar-refractivity contribution in [3.63, 3.8) is 0 Å². The lowest BCUT2D eigenvalue weighted by Gasteiger charge is -2.20. The van der Waals surface area contributed by atoms with Gasteiger partial charge in [-0.3, -0.25) is 5.41 Å². The zero-order chi connectivity index (χ0) is 23.9. The zero-order valence-electron chi connectivity index (χ0n) is 20.6. The average molecular weight is 442 g/mol. The number of ether oxygens (including phenoxy) is 1. The second-order valence-electron chi connectivity index (χ2n) is 8.38. The van der Waals surface area contributed by atoms with Crippen LogP contribution in [0.25, 0.3) is 0 Å². The van der Waals surface area contributed by atoms with Gasteiger partial charge in [-0.2, -0.15) is 0 Å². The van der Waals surface area contributed by atoms with E-state index in [1.165, 1.54) is 19.3 Å². The summed E-state index contributed by atoms with van der Waals surface area (Å²) in [5, 5.41) is 25.2. The highest BCUT2D eigenvalue weighted by Crippen LogP contribution is 2.19. The van der Waals surface area contributed by atoms with Gasteiger partial charge < -0.3 is 20.5 Å². The zero-order valence-corrected chi connectivity index (χ0v) is 20.6. The second-order valence-corrected chi connectivity index (χ2v) is 8.38. The Balaban J connectivity index is 3.25. The molecule has 0 spiro atoms. The summed E-state index contributed by atoms with van der Waals surface area (Å²) in [6.07, 6.45) is 9.20. The van der Waals surface area contributed by atoms with Gasteiger partial charge in [0, 0.05) is 22.9 Å². The highest BCUT2D eigenvalue weighted by atomic mass is 16.5. The maximum atomic E-state index is 9.52. The van der Waals surface area contributed by atoms with Gasteiger partial charge in [0.1, 0.15) is 5.76 Å². The van der Waals surface area contributed by atoms with E-state index in [-0.39, 0.29) is 12.7 Å². The topological polar surface area (TPSA) is 77.4 Å². The minimum Gasteiger partial charge on any atom is -0.491 e. The van der Waals surface area contributed by atoms with E-state index in [0.29, 0.717) is 17.5 Å². The Morgan fingerprint density at radius 3 is 2.62 bits per heavy atom. The van der Waals surface area contributed by atoms with Crippen molar-refractivity contribution < 1.29 is 9.84 Å². The van der Waals surface area contributed by atoms with Gasteiger partial charge in [-0.1, -0.05) is 51.0 Å². The predicted molar refractivity (Wildman–Crippen MR) is 136 cm³/mol. The Morgan fingerprint density at radius 1 is 1.25 bits per heavy atom. The van der Waals surface area contributed by atoms with Gasteiger partial charge in [0.15, 0.2) is 0 Å². The number of hydrogen-bond donors (Lipinski definition) is 4. The monoisotopic (exact) mass is 441 g/mol. The molecule has 0 aliphatic carbocycles. The van der Waals surface area contributed by atoms with E-state index in [4.69, 9.17) is 10.1 Å². The van der Waals surface area contributed by atoms with Crippen LogP contribution in [-0.2, 0) is 11.3 Å². The Morgan fingerprint density at radius 2 is 2.00 bits per heavy atom. The van der Waals surface area contributed by atoms with Crippen molar-refractivity contribution in [3.05, 3.63) is 71.2 Å². The molecular formula is C27H43N3O2. The van der Waals surface area contributed by atoms with Crippen LogP contribution >= 0.6 is 0 Å². The Hall–Kier alpha value is -2.37. The van der Waals surface area contributed by atoms with Crippen LogP contribution in [0.4, 0.5) is 0 Å². The molecule has 5 nitrogen and oxygen atoms in total. The Labute approximate surface area is 195 Å². The number of rotatable bonds is 16. The van der Waals surface area contributed by atoms with Gasteiger partial charge in [-0.05, 0) is 71.0 Å². The molecule has 2 atom stereocenters. The SMILES string of the molecule is C=C/C(=C\C(C(=N)c1cccc(CO)c1)=C(/C)NC(C)CCCCC)OC(C)CCNC. The lowest BCUT2D eigenvalue weighted by molar-refractivity contribution is 0.133. The highest BCUT2D eigenvalue weighted by Gasteiger charge is 2.14. The van der Waals surface area contributed by atoms with Crippen LogP contribution in [0.3, 0.4) is 0 Å². The average Bonchev–Trinajstić information content (AvgIpc) is 2.79. The molecule has 0 saturated heterocycles. The molecule has 178 valence electrons. The lowest BCUT2D eigenvalue weighted by Crippen LogP contribution is -2.26. The molecule has 1 aromatic carbocycles. The first-order valence-corrected chi connectivity index (χ1v) is 11.8. The smallest absolute Gasteiger partial charge is 0.119 e. The molecule has 0 bridgehead atoms. The van der Waals surface area contributed by atoms with Crippen LogP contribution in [0.5, 0.6) is 0 Å². The largest absolute Gasteiger partial charge is 0.491 e. The van der Waals surface area contributed by atoms with Gasteiger partial charge >= 0.3 is 0 Å². The molecular weight excluding hydrogens is 398 g/mol. The van der Waals surface area contributed by atoms with Crippen LogP contribution in [0.15, 0.2) is 60.0 Å². The maximum absolute atomic E-state index is 9.52. The van der Waals surface area contributed by atoms with Crippen LogP contribution in [0, 0.1) is 5.41 Å². The van der Waals surface area contributed by atoms with Crippen molar-refractivity contribution in [1.82, 2.24) is 10.6 Å². The third kappa shape index (κ3) is 9.84. The molecule has 0 aromatic heterocycles. The summed E-state index contributed by atoms with van der Waals surface area (Å²) in [7, 11) is 1.93. The minimum absolute atomic E-state index is 0.0288. The molecule has 0 saturated carbocycles. The van der Waals surface area contributed by atoms with Crippen LogP contribution in [-0.4, -0.2) is 36.6 Å². The lowest BCUT2D eigenvalue weighted by atomic mass is 9.98. The number of allylic oxidation sites excluding steroid dienone is 4. The first-order valence-electron chi connectivity index (χ1n) is 11.8. The van der Waals surface area contributed by atoms with Crippen molar-refractivity contribution in [3.8, 4) is 0 Å². The van der Waals surface area contributed by atoms with E-state index in [2.05, 4.69) is 31.1 Å². The van der Waals surface area contributed by atoms with E-state index in [9.17, 15) is 5.11 Å². The quantitative estimate of drug-likeness (QED) is 0.119. The molecule has 0 radical (unpaired) electrons. The van der Waals surface area contributed by atoms with Crippen molar-refractivity contribution >= 4 is 5.71 Å². The molecule has 1 rings (SSSR count). The molecule has 0 amide bonds. The predicted octanol–water partition coefficient (Wildman–Crippen LogP) is 5.46. The van der Waals surface area contributed by atoms with E-state index in [1.54, 1.807) is 6.08 Å². The normalized spacial score (nSPS) is 14.4. The van der Waals surface area contributed by atoms with Crippen molar-refractivity contribution in [2.24, 2.45) is 0 Å². The van der Waals surface area contributed by atoms with Crippen LogP contribution in [0.2, 0.25) is 0 Å². The fourth-order valence-corrected chi connectivity index (χ4v) is 3.49. The summed E-state index contributed by atoms with van der Waals surface area (Å²) in [5.74, 6) is 0.645. The molecule has 2 unspecified atom stereocenters. The molecule has 0 fully saturated rings. The molecule has 0 heterocycles. The van der Waals surface area contributed by atoms with Crippen LogP contribution < -0.4 is 10.6 Å². The Kier molecular flexibility index (Phi) is 13.3. The molecule has 32 heavy (non-hydrogen) atoms. The molecule has 0 aliphatic heterocycles. The van der Waals surface area contributed by atoms with Crippen molar-refractivity contribution in [1.29, 1.82) is 5.41 Å². The van der Waals surface area contributed by atoms with Crippen LogP contribution in [0.1, 0.15) is 70.9 Å². The van der Waals surface area contributed by atoms with Crippen molar-refractivity contribution in [2.45, 2.75) is 78.6 Å². The summed E-state index contributed by atoms with van der Waals surface area (Å²) in [5.41, 5.74) is 3.62. The molecule has 5 heteroatoms. The van der Waals surface area contributed by atoms with Crippen molar-refractivity contribution in [2.75, 3.05) is 13.6 Å². The van der Waals surface area contributed by atoms with Gasteiger partial charge in [0.25, 0.3) is 0 Å². The van der Waals surface area contributed by atoms with Gasteiger partial charge in [-0.25, -0.2) is 0 Å². The number of benzene rings is 1. The molecule has 1 aromatic rings.